The molecule has 0 aromatic heterocycles. The first kappa shape index (κ1) is 152. The van der Waals surface area contributed by atoms with Crippen LogP contribution in [0.3, 0.4) is 0 Å². The first-order valence-corrected chi connectivity index (χ1v) is 0. The molecule has 0 aliphatic carbocycles. The van der Waals surface area contributed by atoms with Crippen molar-refractivity contribution in [2.24, 2.45) is 0 Å². The van der Waals surface area contributed by atoms with Gasteiger partial charge in [-0.15, -0.1) is 0 Å². The van der Waals surface area contributed by atoms with Crippen LogP contribution in [0.2, 0.25) is 0 Å². The average Bonchev–Trinajstić information content (AvgIpc) is 0. The Kier molecular flexibility index (Phi) is 2240. The first-order valence-electron chi connectivity index (χ1n) is 0. The second kappa shape index (κ2) is 103. The normalized spacial score (nSPS) is 0. The smallest absolute Gasteiger partial charge is 2.00 e. The van der Waals surface area contributed by atoms with Gasteiger partial charge in [-0.05, 0) is 0 Å². The monoisotopic (exact) mass is 196 g/mol. The molecule has 7 heteroatoms. The van der Waals surface area contributed by atoms with Gasteiger partial charge in [0.05, 0.1) is 0 Å². The van der Waals surface area contributed by atoms with E-state index in [0.717, 1.165) is 0 Å². The van der Waals surface area contributed by atoms with Crippen LogP contribution >= 0.6 is 0 Å². The van der Waals surface area contributed by atoms with Crippen LogP contribution in [-0.2, 0) is 57.0 Å². The predicted octanol–water partition coefficient (Wildman–Crippen LogP) is -3.48. The van der Waals surface area contributed by atoms with Crippen LogP contribution < -0.4 is 29.6 Å². The topological polar surface area (TPSA) is 114 Å². The Balaban J connectivity index is 0. The van der Waals surface area contributed by atoms with E-state index in [1.54, 1.807) is 0 Å². The molecule has 0 aliphatic rings. The number of hydrogen-bond donors (Lipinski definition) is 0. The van der Waals surface area contributed by atoms with Crippen molar-refractivity contribution in [2.45, 2.75) is 0 Å². The van der Waals surface area contributed by atoms with Crippen molar-refractivity contribution in [3.05, 3.63) is 0 Å². The molecule has 0 aromatic rings. The van der Waals surface area contributed by atoms with Crippen LogP contribution in [0.15, 0.2) is 0 Å². The Morgan fingerprint density at radius 1 is 0.571 bits per heavy atom. The van der Waals surface area contributed by atoms with Crippen LogP contribution in [0.4, 0.5) is 0 Å². The summed E-state index contributed by atoms with van der Waals surface area (Å²) in [4.78, 5) is 0. The molecule has 0 aromatic carbocycles. The van der Waals surface area contributed by atoms with E-state index in [9.17, 15) is 0 Å². The van der Waals surface area contributed by atoms with Crippen molar-refractivity contribution >= 4 is 0 Å². The molecule has 7 heavy (non-hydrogen) atoms. The Morgan fingerprint density at radius 2 is 0.571 bits per heavy atom. The van der Waals surface area contributed by atoms with E-state index in [0.29, 0.717) is 0 Å². The zero-order chi connectivity index (χ0) is 0. The third kappa shape index (κ3) is 75.4. The zero-order valence-electron chi connectivity index (χ0n) is 3.40. The number of hydrogen-bond acceptors (Lipinski definition) is 0. The van der Waals surface area contributed by atoms with Gasteiger partial charge in [0, 0.05) is 18.6 Å². The van der Waals surface area contributed by atoms with Crippen LogP contribution in [0.25, 0.3) is 0 Å². The van der Waals surface area contributed by atoms with Crippen LogP contribution in [0, 0.1) is 0 Å². The van der Waals surface area contributed by atoms with Crippen molar-refractivity contribution in [2.75, 3.05) is 0 Å². The van der Waals surface area contributed by atoms with Gasteiger partial charge in [0.25, 0.3) is 0 Å². The fourth-order valence-electron chi connectivity index (χ4n) is 0. The van der Waals surface area contributed by atoms with Crippen molar-refractivity contribution in [3.8, 4) is 0 Å². The minimum Gasteiger partial charge on any atom is -2.00 e. The van der Waals surface area contributed by atoms with Crippen LogP contribution in [0.5, 0.6) is 0 Å². The van der Waals surface area contributed by atoms with Crippen molar-refractivity contribution in [3.63, 3.8) is 0 Å². The summed E-state index contributed by atoms with van der Waals surface area (Å²) in [5, 5.41) is 0. The van der Waals surface area contributed by atoms with Crippen molar-refractivity contribution in [1.82, 2.24) is 0 Å². The van der Waals surface area contributed by atoms with Gasteiger partial charge in [0.1, 0.15) is 0 Å². The van der Waals surface area contributed by atoms with Gasteiger partial charge >= 0.3 is 46.0 Å². The molecule has 0 heterocycles. The van der Waals surface area contributed by atoms with Gasteiger partial charge in [-0.1, -0.05) is 0 Å². The third-order valence-corrected chi connectivity index (χ3v) is 0. The Bertz CT molecular complexity index is 11.7. The summed E-state index contributed by atoms with van der Waals surface area (Å²) >= 11 is 0. The third-order valence-electron chi connectivity index (χ3n) is 0. The maximum absolute atomic E-state index is 0. The second-order valence-corrected chi connectivity index (χ2v) is 0. The van der Waals surface area contributed by atoms with E-state index in [1.807, 2.05) is 0 Å². The van der Waals surface area contributed by atoms with Crippen LogP contribution in [-0.4, -0.2) is 0 Å². The summed E-state index contributed by atoms with van der Waals surface area (Å²) < 4.78 is 0. The molecule has 0 atom stereocenters. The summed E-state index contributed by atoms with van der Waals surface area (Å²) in [6.07, 6.45) is 0. The van der Waals surface area contributed by atoms with Gasteiger partial charge in [0.15, 0.2) is 0 Å². The number of rotatable bonds is 0. The van der Waals surface area contributed by atoms with E-state index in [1.165, 1.54) is 0 Å². The fourth-order valence-corrected chi connectivity index (χ4v) is 0. The maximum atomic E-state index is 0. The first-order chi connectivity index (χ1) is 0. The molecule has 4 nitrogen and oxygen atoms in total. The molecule has 0 saturated heterocycles. The SMILES string of the molecule is [Na+].[Ni+2].[O-2].[O-2].[O-2].[O-2].[V]. The Morgan fingerprint density at radius 3 is 0.571 bits per heavy atom. The fraction of sp³-hybridized carbons (Fsp3) is 0. The quantitative estimate of drug-likeness (QED) is 0.358. The van der Waals surface area contributed by atoms with E-state index >= 15 is 0 Å². The maximum Gasteiger partial charge on any atom is 2.00 e. The molecule has 0 amide bonds. The molecular weight excluding hydrogens is 197 g/mol. The van der Waals surface area contributed by atoms with Gasteiger partial charge in [-0.2, -0.15) is 0 Å². The molecule has 0 unspecified atom stereocenters. The molecule has 0 aliphatic heterocycles. The summed E-state index contributed by atoms with van der Waals surface area (Å²) in [5.74, 6) is 0. The van der Waals surface area contributed by atoms with E-state index in [2.05, 4.69) is 0 Å². The molecule has 0 N–H and O–H groups in total. The standard InChI is InChI=1S/Na.Ni.4O.V/q+1;+2;4*-2;. The molecule has 0 saturated carbocycles. The van der Waals surface area contributed by atoms with Crippen molar-refractivity contribution < 1.29 is 86.5 Å². The Labute approximate surface area is 85.8 Å². The summed E-state index contributed by atoms with van der Waals surface area (Å²) in [5.41, 5.74) is 0. The van der Waals surface area contributed by atoms with Gasteiger partial charge in [-0.3, -0.25) is 0 Å². The molecule has 45 valence electrons. The zero-order valence-corrected chi connectivity index (χ0v) is 7.78. The van der Waals surface area contributed by atoms with Gasteiger partial charge in [0.2, 0.25) is 0 Å². The molecular formula is NaNiO4V-5. The summed E-state index contributed by atoms with van der Waals surface area (Å²) in [7, 11) is 0. The average molecular weight is 197 g/mol. The van der Waals surface area contributed by atoms with E-state index < -0.39 is 0 Å². The molecule has 0 spiro atoms. The minimum absolute atomic E-state index is 0. The second-order valence-electron chi connectivity index (χ2n) is 0. The van der Waals surface area contributed by atoms with Gasteiger partial charge < -0.3 is 21.9 Å². The van der Waals surface area contributed by atoms with Gasteiger partial charge in [-0.25, -0.2) is 0 Å². The Hall–Kier alpha value is 1.92. The largest absolute Gasteiger partial charge is 2.00 e. The van der Waals surface area contributed by atoms with E-state index in [-0.39, 0.29) is 86.5 Å². The summed E-state index contributed by atoms with van der Waals surface area (Å²) in [6.45, 7) is 0. The predicted molar refractivity (Wildman–Crippen MR) is 2.75 cm³/mol. The molecule has 0 bridgehead atoms. The van der Waals surface area contributed by atoms with Crippen LogP contribution in [0.1, 0.15) is 0 Å². The molecule has 1 radical (unpaired) electrons. The molecule has 0 fully saturated rings. The van der Waals surface area contributed by atoms with E-state index in [4.69, 9.17) is 0 Å². The van der Waals surface area contributed by atoms with Crippen molar-refractivity contribution in [1.29, 1.82) is 0 Å². The summed E-state index contributed by atoms with van der Waals surface area (Å²) in [6, 6.07) is 0. The molecule has 0 rings (SSSR count). The minimum atomic E-state index is 0.